The van der Waals surface area contributed by atoms with Crippen molar-refractivity contribution in [2.45, 2.75) is 113 Å². The Kier molecular flexibility index (Phi) is 5.38. The van der Waals surface area contributed by atoms with Gasteiger partial charge in [0.05, 0.1) is 12.7 Å². The molecule has 144 valence electrons. The van der Waals surface area contributed by atoms with E-state index < -0.39 is 24.0 Å². The van der Waals surface area contributed by atoms with Crippen molar-refractivity contribution >= 4 is 0 Å². The van der Waals surface area contributed by atoms with E-state index in [9.17, 15) is 10.2 Å². The van der Waals surface area contributed by atoms with E-state index >= 15 is 0 Å². The van der Waals surface area contributed by atoms with Crippen LogP contribution in [-0.4, -0.2) is 53.0 Å². The standard InChI is InChI=1S/C19H32O6/c20-17-16-15(24-19(25-16)11-6-1-2-7-12-19)14(23-17)8-13-22-18(21)9-4-3-5-10-18/h14-17,20-21H,1-13H2. The molecule has 0 aromatic carbocycles. The number of hydrogen-bond acceptors (Lipinski definition) is 6. The monoisotopic (exact) mass is 356 g/mol. The number of fused-ring (bicyclic) bond motifs is 1. The van der Waals surface area contributed by atoms with Gasteiger partial charge in [-0.15, -0.1) is 0 Å². The fraction of sp³-hybridized carbons (Fsp3) is 1.00. The molecule has 4 aliphatic rings. The van der Waals surface area contributed by atoms with Gasteiger partial charge >= 0.3 is 0 Å². The van der Waals surface area contributed by atoms with Crippen molar-refractivity contribution in [2.75, 3.05) is 6.61 Å². The summed E-state index contributed by atoms with van der Waals surface area (Å²) in [5, 5.41) is 20.7. The first-order valence-electron chi connectivity index (χ1n) is 10.1. The number of ether oxygens (including phenoxy) is 4. The predicted molar refractivity (Wildman–Crippen MR) is 89.7 cm³/mol. The lowest BCUT2D eigenvalue weighted by Crippen LogP contribution is -2.37. The summed E-state index contributed by atoms with van der Waals surface area (Å²) in [6.45, 7) is 0.410. The van der Waals surface area contributed by atoms with Crippen LogP contribution >= 0.6 is 0 Å². The van der Waals surface area contributed by atoms with Crippen LogP contribution < -0.4 is 0 Å². The van der Waals surface area contributed by atoms with Gasteiger partial charge in [0.1, 0.15) is 12.2 Å². The van der Waals surface area contributed by atoms with Crippen molar-refractivity contribution in [3.05, 3.63) is 0 Å². The molecule has 6 nitrogen and oxygen atoms in total. The summed E-state index contributed by atoms with van der Waals surface area (Å²) in [5.41, 5.74) is 0. The highest BCUT2D eigenvalue weighted by Gasteiger charge is 2.57. The second kappa shape index (κ2) is 7.41. The zero-order chi connectivity index (χ0) is 17.3. The highest BCUT2D eigenvalue weighted by atomic mass is 16.8. The third kappa shape index (κ3) is 3.89. The normalized spacial score (nSPS) is 40.1. The smallest absolute Gasteiger partial charge is 0.184 e. The summed E-state index contributed by atoms with van der Waals surface area (Å²) in [4.78, 5) is 0. The Bertz CT molecular complexity index is 441. The third-order valence-electron chi connectivity index (χ3n) is 6.26. The van der Waals surface area contributed by atoms with Crippen LogP contribution in [0.15, 0.2) is 0 Å². The molecule has 2 heterocycles. The summed E-state index contributed by atoms with van der Waals surface area (Å²) in [6.07, 6.45) is 9.84. The summed E-state index contributed by atoms with van der Waals surface area (Å²) < 4.78 is 23.9. The first-order chi connectivity index (χ1) is 12.1. The molecule has 2 saturated carbocycles. The van der Waals surface area contributed by atoms with Crippen molar-refractivity contribution < 1.29 is 29.2 Å². The van der Waals surface area contributed by atoms with Crippen LogP contribution in [0.5, 0.6) is 0 Å². The van der Waals surface area contributed by atoms with Gasteiger partial charge < -0.3 is 29.2 Å². The quantitative estimate of drug-likeness (QED) is 0.754. The van der Waals surface area contributed by atoms with Gasteiger partial charge in [0.15, 0.2) is 17.9 Å². The van der Waals surface area contributed by atoms with E-state index in [1.165, 1.54) is 19.3 Å². The van der Waals surface area contributed by atoms with Gasteiger partial charge in [0.25, 0.3) is 0 Å². The van der Waals surface area contributed by atoms with Crippen molar-refractivity contribution in [2.24, 2.45) is 0 Å². The van der Waals surface area contributed by atoms with Crippen LogP contribution in [0.1, 0.15) is 77.0 Å². The molecule has 0 radical (unpaired) electrons. The average molecular weight is 356 g/mol. The second-order valence-corrected chi connectivity index (χ2v) is 8.20. The van der Waals surface area contributed by atoms with Gasteiger partial charge in [-0.05, 0) is 32.1 Å². The van der Waals surface area contributed by atoms with Crippen molar-refractivity contribution in [3.63, 3.8) is 0 Å². The molecule has 6 heteroatoms. The minimum Gasteiger partial charge on any atom is -0.366 e. The first-order valence-corrected chi connectivity index (χ1v) is 10.1. The molecule has 4 rings (SSSR count). The summed E-state index contributed by atoms with van der Waals surface area (Å²) >= 11 is 0. The lowest BCUT2D eigenvalue weighted by molar-refractivity contribution is -0.248. The fourth-order valence-electron chi connectivity index (χ4n) is 4.85. The van der Waals surface area contributed by atoms with E-state index in [1.807, 2.05) is 0 Å². The molecule has 0 aromatic rings. The van der Waals surface area contributed by atoms with E-state index in [-0.39, 0.29) is 12.2 Å². The SMILES string of the molecule is OC1OC(CCOC2(O)CCCCC2)C2OC3(CCCCCC3)OC12. The molecule has 4 atom stereocenters. The summed E-state index contributed by atoms with van der Waals surface area (Å²) in [5.74, 6) is -1.51. The maximum atomic E-state index is 10.4. The average Bonchev–Trinajstić information content (AvgIpc) is 2.97. The van der Waals surface area contributed by atoms with E-state index in [4.69, 9.17) is 18.9 Å². The molecule has 0 aromatic heterocycles. The zero-order valence-electron chi connectivity index (χ0n) is 15.0. The Morgan fingerprint density at radius 3 is 2.16 bits per heavy atom. The molecular weight excluding hydrogens is 324 g/mol. The Morgan fingerprint density at radius 2 is 1.44 bits per heavy atom. The van der Waals surface area contributed by atoms with E-state index in [0.29, 0.717) is 25.9 Å². The van der Waals surface area contributed by atoms with E-state index in [2.05, 4.69) is 0 Å². The van der Waals surface area contributed by atoms with Gasteiger partial charge in [-0.1, -0.05) is 19.3 Å². The lowest BCUT2D eigenvalue weighted by atomic mass is 9.94. The highest BCUT2D eigenvalue weighted by Crippen LogP contribution is 2.45. The van der Waals surface area contributed by atoms with Gasteiger partial charge in [0, 0.05) is 25.7 Å². The summed E-state index contributed by atoms with van der Waals surface area (Å²) in [7, 11) is 0. The highest BCUT2D eigenvalue weighted by molar-refractivity contribution is 4.97. The molecule has 4 fully saturated rings. The first kappa shape index (κ1) is 18.1. The molecule has 2 aliphatic carbocycles. The third-order valence-corrected chi connectivity index (χ3v) is 6.26. The van der Waals surface area contributed by atoms with Crippen molar-refractivity contribution in [1.82, 2.24) is 0 Å². The Hall–Kier alpha value is -0.240. The fourth-order valence-corrected chi connectivity index (χ4v) is 4.85. The van der Waals surface area contributed by atoms with Gasteiger partial charge in [-0.3, -0.25) is 0 Å². The molecule has 4 unspecified atom stereocenters. The number of aliphatic hydroxyl groups excluding tert-OH is 1. The van der Waals surface area contributed by atoms with Crippen molar-refractivity contribution in [3.8, 4) is 0 Å². The second-order valence-electron chi connectivity index (χ2n) is 8.20. The maximum absolute atomic E-state index is 10.4. The number of aliphatic hydroxyl groups is 2. The van der Waals surface area contributed by atoms with Crippen molar-refractivity contribution in [1.29, 1.82) is 0 Å². The molecule has 0 bridgehead atoms. The van der Waals surface area contributed by atoms with E-state index in [0.717, 1.165) is 38.5 Å². The van der Waals surface area contributed by atoms with Gasteiger partial charge in [0.2, 0.25) is 0 Å². The number of rotatable bonds is 4. The molecule has 0 amide bonds. The maximum Gasteiger partial charge on any atom is 0.184 e. The summed E-state index contributed by atoms with van der Waals surface area (Å²) in [6, 6.07) is 0. The Labute approximate surface area is 149 Å². The topological polar surface area (TPSA) is 77.4 Å². The molecule has 2 saturated heterocycles. The molecule has 25 heavy (non-hydrogen) atoms. The molecule has 1 spiro atoms. The minimum absolute atomic E-state index is 0.238. The van der Waals surface area contributed by atoms with Gasteiger partial charge in [-0.2, -0.15) is 0 Å². The van der Waals surface area contributed by atoms with Crippen LogP contribution in [0.25, 0.3) is 0 Å². The lowest BCUT2D eigenvalue weighted by Gasteiger charge is -2.32. The Morgan fingerprint density at radius 1 is 0.840 bits per heavy atom. The minimum atomic E-state index is -0.982. The Balaban J connectivity index is 1.32. The van der Waals surface area contributed by atoms with E-state index in [1.54, 1.807) is 0 Å². The van der Waals surface area contributed by atoms with Crippen LogP contribution in [0, 0.1) is 0 Å². The largest absolute Gasteiger partial charge is 0.366 e. The van der Waals surface area contributed by atoms with Crippen LogP contribution in [-0.2, 0) is 18.9 Å². The van der Waals surface area contributed by atoms with Crippen LogP contribution in [0.3, 0.4) is 0 Å². The molecular formula is C19H32O6. The van der Waals surface area contributed by atoms with Crippen LogP contribution in [0.4, 0.5) is 0 Å². The molecule has 2 N–H and O–H groups in total. The predicted octanol–water partition coefficient (Wildman–Crippen LogP) is 2.60. The van der Waals surface area contributed by atoms with Gasteiger partial charge in [-0.25, -0.2) is 0 Å². The zero-order valence-corrected chi connectivity index (χ0v) is 15.0. The molecule has 2 aliphatic heterocycles. The van der Waals surface area contributed by atoms with Crippen LogP contribution in [0.2, 0.25) is 0 Å². The number of hydrogen-bond donors (Lipinski definition) is 2.